The highest BCUT2D eigenvalue weighted by Gasteiger charge is 2.13. The number of aromatic nitrogens is 3. The topological polar surface area (TPSA) is 116 Å². The second-order valence-corrected chi connectivity index (χ2v) is 6.91. The van der Waals surface area contributed by atoms with Crippen LogP contribution in [0.1, 0.15) is 19.4 Å². The van der Waals surface area contributed by atoms with Crippen LogP contribution < -0.4 is 20.7 Å². The predicted octanol–water partition coefficient (Wildman–Crippen LogP) is 2.95. The minimum absolute atomic E-state index is 0.236. The molecule has 3 N–H and O–H groups in total. The quantitative estimate of drug-likeness (QED) is 0.363. The van der Waals surface area contributed by atoms with Crippen molar-refractivity contribution >= 4 is 17.4 Å². The van der Waals surface area contributed by atoms with Crippen molar-refractivity contribution in [3.8, 4) is 22.9 Å². The van der Waals surface area contributed by atoms with E-state index in [9.17, 15) is 10.1 Å². The summed E-state index contributed by atoms with van der Waals surface area (Å²) in [7, 11) is 0. The minimum atomic E-state index is -0.236. The van der Waals surface area contributed by atoms with Gasteiger partial charge in [-0.1, -0.05) is 12.2 Å². The maximum Gasteiger partial charge on any atom is 0.315 e. The number of urea groups is 1. The summed E-state index contributed by atoms with van der Waals surface area (Å²) in [6, 6.07) is 7.60. The van der Waals surface area contributed by atoms with E-state index in [0.717, 1.165) is 16.7 Å². The number of nitrogens with zero attached hydrogens (tertiary/aromatic N) is 4. The lowest BCUT2D eigenvalue weighted by atomic mass is 10.1. The fourth-order valence-corrected chi connectivity index (χ4v) is 2.96. The molecular weight excluding hydrogens is 394 g/mol. The molecule has 9 nitrogen and oxygen atoms in total. The fourth-order valence-electron chi connectivity index (χ4n) is 2.96. The van der Waals surface area contributed by atoms with Gasteiger partial charge in [0.2, 0.25) is 0 Å². The number of nitriles is 1. The summed E-state index contributed by atoms with van der Waals surface area (Å²) in [5.74, 6) is 1.34. The highest BCUT2D eigenvalue weighted by Crippen LogP contribution is 2.30. The van der Waals surface area contributed by atoms with Gasteiger partial charge in [-0.2, -0.15) is 10.4 Å². The van der Waals surface area contributed by atoms with E-state index in [1.165, 1.54) is 6.20 Å². The van der Waals surface area contributed by atoms with Crippen LogP contribution in [0, 0.1) is 11.3 Å². The van der Waals surface area contributed by atoms with E-state index in [2.05, 4.69) is 38.7 Å². The Bertz CT molecular complexity index is 1110. The summed E-state index contributed by atoms with van der Waals surface area (Å²) in [6.07, 6.45) is 5.03. The standard InChI is InChI=1S/C22H25N7O2/c1-4-31-18-9-19(21-17(10-23)13-28-29(21)14-18)16-5-6-20(26-12-16)24-7-8-25-22(30)27-11-15(2)3/h5-6,9,12-14H,2,4,7-8,11H2,1,3H3,(H,24,26)(H2,25,27,30). The van der Waals surface area contributed by atoms with Gasteiger partial charge in [0.25, 0.3) is 0 Å². The number of rotatable bonds is 9. The van der Waals surface area contributed by atoms with Crippen molar-refractivity contribution in [3.63, 3.8) is 0 Å². The Kier molecular flexibility index (Phi) is 7.06. The van der Waals surface area contributed by atoms with Crippen LogP contribution in [-0.2, 0) is 0 Å². The highest BCUT2D eigenvalue weighted by atomic mass is 16.5. The third kappa shape index (κ3) is 5.51. The van der Waals surface area contributed by atoms with Crippen molar-refractivity contribution in [1.29, 1.82) is 5.26 Å². The molecule has 3 rings (SSSR count). The van der Waals surface area contributed by atoms with Gasteiger partial charge in [0.15, 0.2) is 0 Å². The molecule has 0 saturated carbocycles. The van der Waals surface area contributed by atoms with Gasteiger partial charge in [-0.15, -0.1) is 0 Å². The number of fused-ring (bicyclic) bond motifs is 1. The smallest absolute Gasteiger partial charge is 0.315 e. The lowest BCUT2D eigenvalue weighted by Gasteiger charge is -2.11. The number of carbonyl (C=O) groups is 1. The zero-order chi connectivity index (χ0) is 22.2. The number of pyridine rings is 2. The maximum absolute atomic E-state index is 11.6. The molecule has 160 valence electrons. The first-order chi connectivity index (χ1) is 15.0. The molecule has 0 aliphatic heterocycles. The monoisotopic (exact) mass is 419 g/mol. The SMILES string of the molecule is C=C(C)CNC(=O)NCCNc1ccc(-c2cc(OCC)cn3ncc(C#N)c23)cn1. The van der Waals surface area contributed by atoms with Gasteiger partial charge >= 0.3 is 6.03 Å². The Morgan fingerprint density at radius 2 is 2.13 bits per heavy atom. The molecule has 9 heteroatoms. The number of ether oxygens (including phenoxy) is 1. The van der Waals surface area contributed by atoms with Crippen LogP contribution in [0.4, 0.5) is 10.6 Å². The molecule has 2 amide bonds. The van der Waals surface area contributed by atoms with E-state index >= 15 is 0 Å². The van der Waals surface area contributed by atoms with E-state index < -0.39 is 0 Å². The molecule has 0 bridgehead atoms. The van der Waals surface area contributed by atoms with E-state index in [0.29, 0.717) is 48.9 Å². The summed E-state index contributed by atoms with van der Waals surface area (Å²) in [4.78, 5) is 16.1. The van der Waals surface area contributed by atoms with Crippen LogP contribution >= 0.6 is 0 Å². The Labute approximate surface area is 180 Å². The molecule has 0 unspecified atom stereocenters. The maximum atomic E-state index is 11.6. The van der Waals surface area contributed by atoms with Gasteiger partial charge < -0.3 is 20.7 Å². The van der Waals surface area contributed by atoms with Crippen LogP contribution in [0.15, 0.2) is 48.9 Å². The first kappa shape index (κ1) is 21.6. The molecule has 0 saturated heterocycles. The van der Waals surface area contributed by atoms with E-state index in [1.54, 1.807) is 16.9 Å². The summed E-state index contributed by atoms with van der Waals surface area (Å²) in [5.41, 5.74) is 3.73. The van der Waals surface area contributed by atoms with Crippen LogP contribution in [0.2, 0.25) is 0 Å². The lowest BCUT2D eigenvalue weighted by molar-refractivity contribution is 0.242. The molecule has 0 aromatic carbocycles. The Hall–Kier alpha value is -4.06. The van der Waals surface area contributed by atoms with Gasteiger partial charge in [0.05, 0.1) is 30.1 Å². The molecule has 0 fully saturated rings. The average Bonchev–Trinajstić information content (AvgIpc) is 3.18. The molecule has 0 radical (unpaired) electrons. The van der Waals surface area contributed by atoms with Crippen molar-refractivity contribution in [2.45, 2.75) is 13.8 Å². The number of anilines is 1. The summed E-state index contributed by atoms with van der Waals surface area (Å²) >= 11 is 0. The largest absolute Gasteiger partial charge is 0.492 e. The van der Waals surface area contributed by atoms with Crippen LogP contribution in [0.3, 0.4) is 0 Å². The molecule has 31 heavy (non-hydrogen) atoms. The number of amides is 2. The molecular formula is C22H25N7O2. The van der Waals surface area contributed by atoms with Crippen molar-refractivity contribution in [2.24, 2.45) is 0 Å². The highest BCUT2D eigenvalue weighted by molar-refractivity contribution is 5.85. The first-order valence-corrected chi connectivity index (χ1v) is 9.92. The first-order valence-electron chi connectivity index (χ1n) is 9.92. The Morgan fingerprint density at radius 1 is 1.29 bits per heavy atom. The fraction of sp³-hybridized carbons (Fsp3) is 0.273. The Balaban J connectivity index is 1.68. The third-order valence-electron chi connectivity index (χ3n) is 4.36. The molecule has 0 aliphatic carbocycles. The van der Waals surface area contributed by atoms with Crippen molar-refractivity contribution in [2.75, 3.05) is 31.6 Å². The van der Waals surface area contributed by atoms with Gasteiger partial charge in [-0.3, -0.25) is 0 Å². The summed E-state index contributed by atoms with van der Waals surface area (Å²) in [5, 5.41) is 22.3. The summed E-state index contributed by atoms with van der Waals surface area (Å²) < 4.78 is 7.29. The van der Waals surface area contributed by atoms with Crippen molar-refractivity contribution in [3.05, 3.63) is 54.5 Å². The van der Waals surface area contributed by atoms with Crippen molar-refractivity contribution < 1.29 is 9.53 Å². The minimum Gasteiger partial charge on any atom is -0.492 e. The van der Waals surface area contributed by atoms with E-state index in [-0.39, 0.29) is 6.03 Å². The Morgan fingerprint density at radius 3 is 2.81 bits per heavy atom. The second-order valence-electron chi connectivity index (χ2n) is 6.91. The van der Waals surface area contributed by atoms with Crippen LogP contribution in [0.5, 0.6) is 5.75 Å². The molecule has 3 aromatic rings. The van der Waals surface area contributed by atoms with Crippen molar-refractivity contribution in [1.82, 2.24) is 25.2 Å². The van der Waals surface area contributed by atoms with Gasteiger partial charge in [-0.25, -0.2) is 14.3 Å². The van der Waals surface area contributed by atoms with Crippen LogP contribution in [0.25, 0.3) is 16.6 Å². The molecule has 0 aliphatic rings. The average molecular weight is 419 g/mol. The number of nitrogens with one attached hydrogen (secondary N) is 3. The van der Waals surface area contributed by atoms with Crippen LogP contribution in [-0.4, -0.2) is 46.9 Å². The molecule has 0 spiro atoms. The normalized spacial score (nSPS) is 10.4. The van der Waals surface area contributed by atoms with Gasteiger partial charge in [-0.05, 0) is 32.0 Å². The van der Waals surface area contributed by atoms with Gasteiger partial charge in [0, 0.05) is 37.0 Å². The number of hydrogen-bond acceptors (Lipinski definition) is 6. The predicted molar refractivity (Wildman–Crippen MR) is 119 cm³/mol. The van der Waals surface area contributed by atoms with Gasteiger partial charge in [0.1, 0.15) is 17.6 Å². The molecule has 0 atom stereocenters. The summed E-state index contributed by atoms with van der Waals surface area (Å²) in [6.45, 7) is 9.45. The number of carbonyl (C=O) groups excluding carboxylic acids is 1. The third-order valence-corrected chi connectivity index (χ3v) is 4.36. The lowest BCUT2D eigenvalue weighted by Crippen LogP contribution is -2.38. The number of hydrogen-bond donors (Lipinski definition) is 3. The van der Waals surface area contributed by atoms with E-state index in [1.807, 2.05) is 32.0 Å². The molecule has 3 heterocycles. The zero-order valence-corrected chi connectivity index (χ0v) is 17.6. The second kappa shape index (κ2) is 10.1. The van der Waals surface area contributed by atoms with E-state index in [4.69, 9.17) is 4.74 Å². The molecule has 3 aromatic heterocycles. The zero-order valence-electron chi connectivity index (χ0n) is 17.6.